The summed E-state index contributed by atoms with van der Waals surface area (Å²) in [6.45, 7) is -0.509. The molecule has 2 aromatic rings. The second kappa shape index (κ2) is 6.75. The van der Waals surface area contributed by atoms with Gasteiger partial charge in [0.25, 0.3) is 5.91 Å². The normalized spacial score (nSPS) is 10.1. The maximum Gasteiger partial charge on any atom is 0.328 e. The molecule has 0 aliphatic rings. The van der Waals surface area contributed by atoms with Gasteiger partial charge in [-0.05, 0) is 28.6 Å². The molecule has 0 fully saturated rings. The first-order valence-electron chi connectivity index (χ1n) is 5.55. The predicted molar refractivity (Wildman–Crippen MR) is 71.5 cm³/mol. The number of amides is 1. The lowest BCUT2D eigenvalue weighted by atomic mass is 10.3. The number of nitrogens with zero attached hydrogens (tertiary/aromatic N) is 4. The molecule has 1 aromatic heterocycles. The Bertz CT molecular complexity index is 602. The zero-order chi connectivity index (χ0) is 14.4. The molecule has 0 saturated heterocycles. The van der Waals surface area contributed by atoms with Crippen molar-refractivity contribution < 1.29 is 14.3 Å². The van der Waals surface area contributed by atoms with Gasteiger partial charge in [-0.2, -0.15) is 0 Å². The number of anilines is 1. The molecule has 0 aliphatic heterocycles. The Morgan fingerprint density at radius 2 is 2.25 bits per heavy atom. The Morgan fingerprint density at radius 1 is 1.40 bits per heavy atom. The van der Waals surface area contributed by atoms with Crippen LogP contribution in [0.2, 0.25) is 0 Å². The van der Waals surface area contributed by atoms with Gasteiger partial charge < -0.3 is 10.1 Å². The van der Waals surface area contributed by atoms with E-state index in [1.165, 1.54) is 11.0 Å². The van der Waals surface area contributed by atoms with Crippen LogP contribution in [0.25, 0.3) is 0 Å². The number of rotatable bonds is 5. The highest BCUT2D eigenvalue weighted by molar-refractivity contribution is 9.10. The molecule has 8 nitrogen and oxygen atoms in total. The lowest BCUT2D eigenvalue weighted by molar-refractivity contribution is -0.148. The standard InChI is InChI=1S/C11H10BrN5O3/c12-8-2-1-3-9(4-8)14-10(18)6-20-11(19)5-17-7-13-15-16-17/h1-4,7H,5-6H2,(H,14,18). The third-order valence-electron chi connectivity index (χ3n) is 2.16. The quantitative estimate of drug-likeness (QED) is 0.801. The van der Waals surface area contributed by atoms with Crippen molar-refractivity contribution >= 4 is 33.5 Å². The van der Waals surface area contributed by atoms with E-state index in [-0.39, 0.29) is 13.2 Å². The van der Waals surface area contributed by atoms with Crippen LogP contribution in [0.1, 0.15) is 0 Å². The summed E-state index contributed by atoms with van der Waals surface area (Å²) in [4.78, 5) is 23.0. The van der Waals surface area contributed by atoms with Gasteiger partial charge in [-0.1, -0.05) is 22.0 Å². The first-order chi connectivity index (χ1) is 9.63. The monoisotopic (exact) mass is 339 g/mol. The van der Waals surface area contributed by atoms with E-state index in [1.54, 1.807) is 18.2 Å². The highest BCUT2D eigenvalue weighted by Crippen LogP contribution is 2.15. The van der Waals surface area contributed by atoms with Crippen LogP contribution in [0.4, 0.5) is 5.69 Å². The molecule has 2 rings (SSSR count). The molecule has 0 aliphatic carbocycles. The van der Waals surface area contributed by atoms with E-state index < -0.39 is 11.9 Å². The topological polar surface area (TPSA) is 99.0 Å². The summed E-state index contributed by atoms with van der Waals surface area (Å²) in [5.74, 6) is -1.02. The minimum atomic E-state index is -0.596. The number of aromatic nitrogens is 4. The van der Waals surface area contributed by atoms with Crippen LogP contribution < -0.4 is 5.32 Å². The molecule has 0 atom stereocenters. The van der Waals surface area contributed by atoms with E-state index >= 15 is 0 Å². The number of hydrogen-bond donors (Lipinski definition) is 1. The van der Waals surface area contributed by atoms with Crippen molar-refractivity contribution in [2.75, 3.05) is 11.9 Å². The zero-order valence-electron chi connectivity index (χ0n) is 10.2. The Morgan fingerprint density at radius 3 is 2.95 bits per heavy atom. The van der Waals surface area contributed by atoms with Crippen LogP contribution in [-0.4, -0.2) is 38.7 Å². The van der Waals surface area contributed by atoms with Gasteiger partial charge in [0.2, 0.25) is 0 Å². The molecule has 1 N–H and O–H groups in total. The Hall–Kier alpha value is -2.29. The summed E-state index contributed by atoms with van der Waals surface area (Å²) in [7, 11) is 0. The molecule has 0 unspecified atom stereocenters. The lowest BCUT2D eigenvalue weighted by Gasteiger charge is -2.06. The molecule has 0 bridgehead atoms. The number of benzene rings is 1. The smallest absolute Gasteiger partial charge is 0.328 e. The van der Waals surface area contributed by atoms with Crippen molar-refractivity contribution in [3.8, 4) is 0 Å². The van der Waals surface area contributed by atoms with Crippen LogP contribution in [0.15, 0.2) is 35.1 Å². The average Bonchev–Trinajstić information content (AvgIpc) is 2.89. The summed E-state index contributed by atoms with van der Waals surface area (Å²) < 4.78 is 6.84. The molecule has 104 valence electrons. The van der Waals surface area contributed by atoms with Crippen LogP contribution in [0.5, 0.6) is 0 Å². The van der Waals surface area contributed by atoms with Gasteiger partial charge in [0.15, 0.2) is 6.61 Å². The summed E-state index contributed by atoms with van der Waals surface area (Å²) >= 11 is 3.29. The van der Waals surface area contributed by atoms with Gasteiger partial charge in [0, 0.05) is 10.2 Å². The third-order valence-corrected chi connectivity index (χ3v) is 2.65. The molecule has 9 heteroatoms. The van der Waals surface area contributed by atoms with Crippen molar-refractivity contribution in [3.05, 3.63) is 35.1 Å². The molecule has 0 radical (unpaired) electrons. The van der Waals surface area contributed by atoms with E-state index in [4.69, 9.17) is 4.74 Å². The molecule has 0 spiro atoms. The molecule has 1 aromatic carbocycles. The minimum absolute atomic E-state index is 0.142. The summed E-state index contributed by atoms with van der Waals surface area (Å²) in [5.41, 5.74) is 0.612. The number of ether oxygens (including phenoxy) is 1. The van der Waals surface area contributed by atoms with E-state index in [0.717, 1.165) is 4.47 Å². The number of carbonyl (C=O) groups is 2. The third kappa shape index (κ3) is 4.43. The average molecular weight is 340 g/mol. The van der Waals surface area contributed by atoms with Crippen LogP contribution in [0.3, 0.4) is 0 Å². The first-order valence-corrected chi connectivity index (χ1v) is 6.34. The highest BCUT2D eigenvalue weighted by Gasteiger charge is 2.09. The highest BCUT2D eigenvalue weighted by atomic mass is 79.9. The van der Waals surface area contributed by atoms with Gasteiger partial charge in [0.1, 0.15) is 12.9 Å². The predicted octanol–water partition coefficient (Wildman–Crippen LogP) is 0.617. The van der Waals surface area contributed by atoms with Gasteiger partial charge in [-0.15, -0.1) is 5.10 Å². The van der Waals surface area contributed by atoms with Crippen LogP contribution in [0, 0.1) is 0 Å². The largest absolute Gasteiger partial charge is 0.454 e. The fourth-order valence-electron chi connectivity index (χ4n) is 1.34. The summed E-state index contributed by atoms with van der Waals surface area (Å²) in [6.07, 6.45) is 1.28. The number of halogens is 1. The second-order valence-electron chi connectivity index (χ2n) is 3.73. The molecular formula is C11H10BrN5O3. The number of nitrogens with one attached hydrogen (secondary N) is 1. The van der Waals surface area contributed by atoms with Gasteiger partial charge in [-0.25, -0.2) is 4.68 Å². The van der Waals surface area contributed by atoms with E-state index in [1.807, 2.05) is 6.07 Å². The maximum atomic E-state index is 11.6. The summed E-state index contributed by atoms with van der Waals surface area (Å²) in [5, 5.41) is 12.9. The SMILES string of the molecule is O=C(COC(=O)Cn1cnnn1)Nc1cccc(Br)c1. The Kier molecular flexibility index (Phi) is 4.77. The van der Waals surface area contributed by atoms with Crippen molar-refractivity contribution in [2.24, 2.45) is 0 Å². The van der Waals surface area contributed by atoms with Crippen molar-refractivity contribution in [2.45, 2.75) is 6.54 Å². The molecule has 1 heterocycles. The Labute approximate surface area is 122 Å². The van der Waals surface area contributed by atoms with E-state index in [0.29, 0.717) is 5.69 Å². The van der Waals surface area contributed by atoms with Gasteiger partial charge >= 0.3 is 5.97 Å². The van der Waals surface area contributed by atoms with Crippen molar-refractivity contribution in [1.29, 1.82) is 0 Å². The fourth-order valence-corrected chi connectivity index (χ4v) is 1.74. The minimum Gasteiger partial charge on any atom is -0.454 e. The summed E-state index contributed by atoms with van der Waals surface area (Å²) in [6, 6.07) is 7.08. The number of carbonyl (C=O) groups excluding carboxylic acids is 2. The molecule has 20 heavy (non-hydrogen) atoms. The van der Waals surface area contributed by atoms with Crippen LogP contribution >= 0.6 is 15.9 Å². The Balaban J connectivity index is 1.76. The van der Waals surface area contributed by atoms with Gasteiger partial charge in [-0.3, -0.25) is 9.59 Å². The van der Waals surface area contributed by atoms with Crippen molar-refractivity contribution in [3.63, 3.8) is 0 Å². The zero-order valence-corrected chi connectivity index (χ0v) is 11.8. The number of esters is 1. The first kappa shape index (κ1) is 14.1. The van der Waals surface area contributed by atoms with Crippen molar-refractivity contribution in [1.82, 2.24) is 20.2 Å². The number of tetrazole rings is 1. The molecular weight excluding hydrogens is 330 g/mol. The second-order valence-corrected chi connectivity index (χ2v) is 4.64. The lowest BCUT2D eigenvalue weighted by Crippen LogP contribution is -2.23. The molecule has 0 saturated carbocycles. The fraction of sp³-hybridized carbons (Fsp3) is 0.182. The van der Waals surface area contributed by atoms with E-state index in [2.05, 4.69) is 36.8 Å². The number of hydrogen-bond acceptors (Lipinski definition) is 6. The van der Waals surface area contributed by atoms with E-state index in [9.17, 15) is 9.59 Å². The maximum absolute atomic E-state index is 11.6. The molecule has 1 amide bonds. The van der Waals surface area contributed by atoms with Crippen LogP contribution in [-0.2, 0) is 20.9 Å². The van der Waals surface area contributed by atoms with Gasteiger partial charge in [0.05, 0.1) is 0 Å².